The first kappa shape index (κ1) is 9.28. The molecule has 4 rings (SSSR count). The van der Waals surface area contributed by atoms with E-state index in [0.717, 1.165) is 0 Å². The summed E-state index contributed by atoms with van der Waals surface area (Å²) in [6, 6.07) is 0. The van der Waals surface area contributed by atoms with Gasteiger partial charge in [-0.25, -0.2) is 0 Å². The molecule has 0 amide bonds. The lowest BCUT2D eigenvalue weighted by atomic mass is 9.49. The van der Waals surface area contributed by atoms with Crippen LogP contribution in [0.15, 0.2) is 12.7 Å². The molecule has 4 bridgehead atoms. The van der Waals surface area contributed by atoms with Gasteiger partial charge < -0.3 is 5.11 Å². The van der Waals surface area contributed by atoms with Gasteiger partial charge in [0.2, 0.25) is 0 Å². The summed E-state index contributed by atoms with van der Waals surface area (Å²) in [6.07, 6.45) is 2.20. The van der Waals surface area contributed by atoms with Gasteiger partial charge in [-0.3, -0.25) is 9.59 Å². The molecule has 4 saturated carbocycles. The Morgan fingerprint density at radius 3 is 2.53 bits per heavy atom. The van der Waals surface area contributed by atoms with Crippen molar-refractivity contribution in [3.8, 4) is 0 Å². The molecular weight excluding hydrogens is 192 g/mol. The van der Waals surface area contributed by atoms with E-state index in [2.05, 4.69) is 6.58 Å². The van der Waals surface area contributed by atoms with Crippen molar-refractivity contribution in [1.82, 2.24) is 0 Å². The van der Waals surface area contributed by atoms with Gasteiger partial charge in [-0.15, -0.1) is 6.58 Å². The van der Waals surface area contributed by atoms with E-state index in [0.29, 0.717) is 12.8 Å². The van der Waals surface area contributed by atoms with E-state index in [4.69, 9.17) is 0 Å². The monoisotopic (exact) mass is 206 g/mol. The summed E-state index contributed by atoms with van der Waals surface area (Å²) in [7, 11) is 0. The van der Waals surface area contributed by atoms with Crippen molar-refractivity contribution in [3.05, 3.63) is 12.7 Å². The molecule has 0 aromatic rings. The molecule has 3 heteroatoms. The Morgan fingerprint density at radius 1 is 1.20 bits per heavy atom. The molecule has 0 radical (unpaired) electrons. The van der Waals surface area contributed by atoms with Crippen LogP contribution in [0.3, 0.4) is 0 Å². The van der Waals surface area contributed by atoms with E-state index < -0.39 is 6.10 Å². The first-order valence-corrected chi connectivity index (χ1v) is 5.53. The van der Waals surface area contributed by atoms with Crippen molar-refractivity contribution in [2.24, 2.45) is 29.6 Å². The number of ketones is 2. The maximum atomic E-state index is 11.9. The van der Waals surface area contributed by atoms with E-state index >= 15 is 0 Å². The number of hydrogen-bond donors (Lipinski definition) is 1. The third-order valence-electron chi connectivity index (χ3n) is 4.47. The predicted molar refractivity (Wildman–Crippen MR) is 52.9 cm³/mol. The average Bonchev–Trinajstić information content (AvgIpc) is 2.22. The molecule has 4 fully saturated rings. The van der Waals surface area contributed by atoms with Crippen molar-refractivity contribution < 1.29 is 14.7 Å². The SMILES string of the molecule is C=CC1C2CC3CC(C2=O)C(O)C1C3=O. The second-order valence-electron chi connectivity index (χ2n) is 5.02. The van der Waals surface area contributed by atoms with Crippen LogP contribution in [-0.2, 0) is 9.59 Å². The summed E-state index contributed by atoms with van der Waals surface area (Å²) in [5.74, 6) is -0.428. The number of Topliss-reactive ketones (excluding diaryl/α,β-unsaturated/α-hetero) is 2. The van der Waals surface area contributed by atoms with Crippen molar-refractivity contribution >= 4 is 11.6 Å². The molecule has 6 atom stereocenters. The molecule has 0 aliphatic heterocycles. The number of aliphatic hydroxyl groups is 1. The maximum Gasteiger partial charge on any atom is 0.142 e. The second kappa shape index (κ2) is 2.79. The van der Waals surface area contributed by atoms with Crippen LogP contribution in [0.1, 0.15) is 12.8 Å². The van der Waals surface area contributed by atoms with Gasteiger partial charge in [-0.05, 0) is 18.8 Å². The van der Waals surface area contributed by atoms with E-state index in [-0.39, 0.29) is 41.2 Å². The molecule has 0 aromatic carbocycles. The Bertz CT molecular complexity index is 358. The van der Waals surface area contributed by atoms with E-state index in [1.807, 2.05) is 0 Å². The lowest BCUT2D eigenvalue weighted by molar-refractivity contribution is -0.170. The number of carbonyl (C=O) groups excluding carboxylic acids is 2. The quantitative estimate of drug-likeness (QED) is 0.638. The zero-order valence-electron chi connectivity index (χ0n) is 8.43. The largest absolute Gasteiger partial charge is 0.392 e. The minimum atomic E-state index is -0.749. The van der Waals surface area contributed by atoms with Gasteiger partial charge in [0, 0.05) is 17.8 Å². The highest BCUT2D eigenvalue weighted by molar-refractivity contribution is 5.97. The van der Waals surface area contributed by atoms with Crippen LogP contribution >= 0.6 is 0 Å². The van der Waals surface area contributed by atoms with Crippen LogP contribution in [0.2, 0.25) is 0 Å². The van der Waals surface area contributed by atoms with Gasteiger partial charge in [-0.2, -0.15) is 0 Å². The number of allylic oxidation sites excluding steroid dienone is 1. The first-order chi connectivity index (χ1) is 7.15. The third-order valence-corrected chi connectivity index (χ3v) is 4.47. The van der Waals surface area contributed by atoms with E-state index in [9.17, 15) is 14.7 Å². The minimum absolute atomic E-state index is 0.0299. The zero-order valence-corrected chi connectivity index (χ0v) is 8.43. The Morgan fingerprint density at radius 2 is 1.87 bits per heavy atom. The molecule has 3 nitrogen and oxygen atoms in total. The van der Waals surface area contributed by atoms with Crippen LogP contribution in [0.5, 0.6) is 0 Å². The summed E-state index contributed by atoms with van der Waals surface area (Å²) < 4.78 is 0. The molecule has 6 unspecified atom stereocenters. The van der Waals surface area contributed by atoms with Gasteiger partial charge in [0.05, 0.1) is 12.0 Å². The highest BCUT2D eigenvalue weighted by atomic mass is 16.3. The topological polar surface area (TPSA) is 54.4 Å². The summed E-state index contributed by atoms with van der Waals surface area (Å²) in [5, 5.41) is 9.98. The second-order valence-corrected chi connectivity index (χ2v) is 5.02. The van der Waals surface area contributed by atoms with Crippen LogP contribution in [-0.4, -0.2) is 22.8 Å². The maximum absolute atomic E-state index is 11.9. The predicted octanol–water partition coefficient (Wildman–Crippen LogP) is 0.573. The van der Waals surface area contributed by atoms with Crippen molar-refractivity contribution in [2.75, 3.05) is 0 Å². The van der Waals surface area contributed by atoms with Gasteiger partial charge >= 0.3 is 0 Å². The van der Waals surface area contributed by atoms with Crippen molar-refractivity contribution in [1.29, 1.82) is 0 Å². The molecule has 0 aromatic heterocycles. The number of hydrogen-bond acceptors (Lipinski definition) is 3. The van der Waals surface area contributed by atoms with Crippen LogP contribution in [0.4, 0.5) is 0 Å². The van der Waals surface area contributed by atoms with Crippen molar-refractivity contribution in [3.63, 3.8) is 0 Å². The van der Waals surface area contributed by atoms with Gasteiger partial charge in [0.15, 0.2) is 0 Å². The molecular formula is C12H14O3. The smallest absolute Gasteiger partial charge is 0.142 e. The van der Waals surface area contributed by atoms with Crippen LogP contribution in [0, 0.1) is 29.6 Å². The van der Waals surface area contributed by atoms with E-state index in [1.54, 1.807) is 6.08 Å². The summed E-state index contributed by atoms with van der Waals surface area (Å²) in [4.78, 5) is 23.9. The van der Waals surface area contributed by atoms with E-state index in [1.165, 1.54) is 0 Å². The van der Waals surface area contributed by atoms with Gasteiger partial charge in [0.1, 0.15) is 11.6 Å². The van der Waals surface area contributed by atoms with Gasteiger partial charge in [0.25, 0.3) is 0 Å². The lowest BCUT2D eigenvalue weighted by Crippen LogP contribution is -2.62. The minimum Gasteiger partial charge on any atom is -0.392 e. The Balaban J connectivity index is 2.08. The molecule has 0 saturated heterocycles. The zero-order chi connectivity index (χ0) is 10.7. The summed E-state index contributed by atoms with van der Waals surface area (Å²) >= 11 is 0. The fraction of sp³-hybridized carbons (Fsp3) is 0.667. The summed E-state index contributed by atoms with van der Waals surface area (Å²) in [6.45, 7) is 3.69. The standard InChI is InChI=1S/C12H14O3/c1-2-6-7-3-5-4-8(11(7)14)12(15)9(6)10(5)13/h2,5-9,12,15H,1,3-4H2. The normalized spacial score (nSPS) is 52.3. The Kier molecular flexibility index (Phi) is 1.72. The molecule has 15 heavy (non-hydrogen) atoms. The number of aliphatic hydroxyl groups excluding tert-OH is 1. The Labute approximate surface area is 88.2 Å². The first-order valence-electron chi connectivity index (χ1n) is 5.53. The van der Waals surface area contributed by atoms with Crippen molar-refractivity contribution in [2.45, 2.75) is 18.9 Å². The molecule has 0 heterocycles. The average molecular weight is 206 g/mol. The summed E-state index contributed by atoms with van der Waals surface area (Å²) in [5.41, 5.74) is 0. The van der Waals surface area contributed by atoms with Crippen LogP contribution < -0.4 is 0 Å². The molecule has 4 aliphatic carbocycles. The fourth-order valence-electron chi connectivity index (χ4n) is 3.77. The highest BCUT2D eigenvalue weighted by Gasteiger charge is 2.60. The fourth-order valence-corrected chi connectivity index (χ4v) is 3.77. The third kappa shape index (κ3) is 0.944. The highest BCUT2D eigenvalue weighted by Crippen LogP contribution is 2.53. The lowest BCUT2D eigenvalue weighted by Gasteiger charge is -2.53. The van der Waals surface area contributed by atoms with Crippen LogP contribution in [0.25, 0.3) is 0 Å². The molecule has 80 valence electrons. The molecule has 1 N–H and O–H groups in total. The van der Waals surface area contributed by atoms with Gasteiger partial charge in [-0.1, -0.05) is 6.08 Å². The number of rotatable bonds is 1. The Hall–Kier alpha value is -0.960. The number of carbonyl (C=O) groups is 2. The molecule has 4 aliphatic rings. The molecule has 0 spiro atoms.